The highest BCUT2D eigenvalue weighted by atomic mass is 15.1. The summed E-state index contributed by atoms with van der Waals surface area (Å²) in [6, 6.07) is 0.745. The van der Waals surface area contributed by atoms with E-state index in [4.69, 9.17) is 0 Å². The van der Waals surface area contributed by atoms with Crippen molar-refractivity contribution < 1.29 is 0 Å². The maximum absolute atomic E-state index is 3.58. The molecule has 16 heavy (non-hydrogen) atoms. The molecule has 0 bridgehead atoms. The molecule has 2 aliphatic heterocycles. The van der Waals surface area contributed by atoms with E-state index in [2.05, 4.69) is 15.5 Å². The van der Waals surface area contributed by atoms with E-state index in [-0.39, 0.29) is 0 Å². The van der Waals surface area contributed by atoms with Gasteiger partial charge in [-0.05, 0) is 64.8 Å². The van der Waals surface area contributed by atoms with Crippen molar-refractivity contribution in [2.24, 2.45) is 0 Å². The Hall–Kier alpha value is -0.120. The van der Waals surface area contributed by atoms with Gasteiger partial charge in [0.15, 0.2) is 0 Å². The highest BCUT2D eigenvalue weighted by Gasteiger charge is 2.13. The van der Waals surface area contributed by atoms with Gasteiger partial charge in [0.25, 0.3) is 0 Å². The van der Waals surface area contributed by atoms with E-state index in [1.54, 1.807) is 0 Å². The summed E-state index contributed by atoms with van der Waals surface area (Å²) in [6.07, 6.45) is 8.31. The number of nitrogens with one attached hydrogen (secondary N) is 2. The fourth-order valence-corrected chi connectivity index (χ4v) is 2.82. The molecule has 2 aliphatic rings. The topological polar surface area (TPSA) is 27.3 Å². The van der Waals surface area contributed by atoms with Crippen LogP contribution in [-0.2, 0) is 0 Å². The Bertz CT molecular complexity index is 172. The average Bonchev–Trinajstić information content (AvgIpc) is 2.83. The molecule has 0 aromatic carbocycles. The Kier molecular flexibility index (Phi) is 5.59. The molecular weight excluding hydrogens is 198 g/mol. The molecule has 1 unspecified atom stereocenters. The second-order valence-electron chi connectivity index (χ2n) is 5.25. The van der Waals surface area contributed by atoms with E-state index in [0.717, 1.165) is 6.04 Å². The number of hydrogen-bond donors (Lipinski definition) is 2. The van der Waals surface area contributed by atoms with E-state index in [0.29, 0.717) is 0 Å². The first-order valence-electron chi connectivity index (χ1n) is 7.11. The molecular formula is C13H27N3. The van der Waals surface area contributed by atoms with Crippen molar-refractivity contribution >= 4 is 0 Å². The van der Waals surface area contributed by atoms with Crippen molar-refractivity contribution in [1.82, 2.24) is 15.5 Å². The SMILES string of the molecule is C1CCN(CCCNCC2CCCN2)CC1. The fourth-order valence-electron chi connectivity index (χ4n) is 2.82. The molecule has 0 spiro atoms. The van der Waals surface area contributed by atoms with Crippen LogP contribution in [0.2, 0.25) is 0 Å². The normalized spacial score (nSPS) is 27.4. The molecule has 2 rings (SSSR count). The minimum absolute atomic E-state index is 0.745. The van der Waals surface area contributed by atoms with Crippen molar-refractivity contribution in [3.8, 4) is 0 Å². The average molecular weight is 225 g/mol. The number of piperidine rings is 1. The molecule has 0 amide bonds. The smallest absolute Gasteiger partial charge is 0.0192 e. The predicted molar refractivity (Wildman–Crippen MR) is 68.8 cm³/mol. The van der Waals surface area contributed by atoms with Gasteiger partial charge in [-0.3, -0.25) is 0 Å². The number of rotatable bonds is 6. The van der Waals surface area contributed by atoms with Crippen molar-refractivity contribution in [1.29, 1.82) is 0 Å². The summed E-state index contributed by atoms with van der Waals surface area (Å²) >= 11 is 0. The first kappa shape index (κ1) is 12.3. The van der Waals surface area contributed by atoms with Crippen molar-refractivity contribution in [3.63, 3.8) is 0 Å². The largest absolute Gasteiger partial charge is 0.315 e. The summed E-state index contributed by atoms with van der Waals surface area (Å²) in [4.78, 5) is 2.62. The Morgan fingerprint density at radius 1 is 1.12 bits per heavy atom. The van der Waals surface area contributed by atoms with Gasteiger partial charge in [-0.25, -0.2) is 0 Å². The summed E-state index contributed by atoms with van der Waals surface area (Å²) in [5.74, 6) is 0. The van der Waals surface area contributed by atoms with Crippen molar-refractivity contribution in [2.45, 2.75) is 44.6 Å². The number of likely N-dealkylation sites (tertiary alicyclic amines) is 1. The molecule has 0 aliphatic carbocycles. The van der Waals surface area contributed by atoms with Gasteiger partial charge in [0.1, 0.15) is 0 Å². The van der Waals surface area contributed by atoms with Crippen LogP contribution in [0.5, 0.6) is 0 Å². The van der Waals surface area contributed by atoms with E-state index < -0.39 is 0 Å². The summed E-state index contributed by atoms with van der Waals surface area (Å²) in [5, 5.41) is 7.10. The third kappa shape index (κ3) is 4.40. The summed E-state index contributed by atoms with van der Waals surface area (Å²) in [7, 11) is 0. The predicted octanol–water partition coefficient (Wildman–Crippen LogP) is 1.20. The zero-order valence-corrected chi connectivity index (χ0v) is 10.5. The highest BCUT2D eigenvalue weighted by Crippen LogP contribution is 2.08. The highest BCUT2D eigenvalue weighted by molar-refractivity contribution is 4.76. The first-order chi connectivity index (χ1) is 7.95. The molecule has 0 radical (unpaired) electrons. The van der Waals surface area contributed by atoms with Gasteiger partial charge >= 0.3 is 0 Å². The van der Waals surface area contributed by atoms with Gasteiger partial charge in [-0.15, -0.1) is 0 Å². The molecule has 2 saturated heterocycles. The van der Waals surface area contributed by atoms with E-state index in [1.165, 1.54) is 77.8 Å². The lowest BCUT2D eigenvalue weighted by Gasteiger charge is -2.26. The lowest BCUT2D eigenvalue weighted by molar-refractivity contribution is 0.225. The third-order valence-corrected chi connectivity index (χ3v) is 3.83. The van der Waals surface area contributed by atoms with E-state index in [9.17, 15) is 0 Å². The van der Waals surface area contributed by atoms with Gasteiger partial charge in [0.2, 0.25) is 0 Å². The Balaban J connectivity index is 1.42. The van der Waals surface area contributed by atoms with Gasteiger partial charge in [-0.2, -0.15) is 0 Å². The zero-order valence-electron chi connectivity index (χ0n) is 10.5. The minimum Gasteiger partial charge on any atom is -0.315 e. The van der Waals surface area contributed by atoms with Crippen molar-refractivity contribution in [2.75, 3.05) is 39.3 Å². The second kappa shape index (κ2) is 7.25. The van der Waals surface area contributed by atoms with E-state index >= 15 is 0 Å². The lowest BCUT2D eigenvalue weighted by Crippen LogP contribution is -2.36. The molecule has 2 fully saturated rings. The number of hydrogen-bond acceptors (Lipinski definition) is 3. The maximum atomic E-state index is 3.58. The van der Waals surface area contributed by atoms with Crippen LogP contribution >= 0.6 is 0 Å². The van der Waals surface area contributed by atoms with Crippen LogP contribution in [0, 0.1) is 0 Å². The van der Waals surface area contributed by atoms with Gasteiger partial charge < -0.3 is 15.5 Å². The molecule has 2 heterocycles. The second-order valence-corrected chi connectivity index (χ2v) is 5.25. The minimum atomic E-state index is 0.745. The Morgan fingerprint density at radius 3 is 2.75 bits per heavy atom. The summed E-state index contributed by atoms with van der Waals surface area (Å²) in [5.41, 5.74) is 0. The zero-order chi connectivity index (χ0) is 11.1. The van der Waals surface area contributed by atoms with Crippen LogP contribution in [0.1, 0.15) is 38.5 Å². The molecule has 3 heteroatoms. The molecule has 3 nitrogen and oxygen atoms in total. The molecule has 0 aromatic heterocycles. The molecule has 0 aromatic rings. The van der Waals surface area contributed by atoms with Crippen molar-refractivity contribution in [3.05, 3.63) is 0 Å². The molecule has 94 valence electrons. The number of nitrogens with zero attached hydrogens (tertiary/aromatic N) is 1. The maximum Gasteiger partial charge on any atom is 0.0192 e. The van der Waals surface area contributed by atoms with Crippen LogP contribution in [0.25, 0.3) is 0 Å². The summed E-state index contributed by atoms with van der Waals surface area (Å²) < 4.78 is 0. The molecule has 1 atom stereocenters. The Labute approximate surface area is 100.0 Å². The molecule has 0 saturated carbocycles. The van der Waals surface area contributed by atoms with Crippen LogP contribution in [0.4, 0.5) is 0 Å². The third-order valence-electron chi connectivity index (χ3n) is 3.83. The van der Waals surface area contributed by atoms with Gasteiger partial charge in [-0.1, -0.05) is 6.42 Å². The van der Waals surface area contributed by atoms with Crippen LogP contribution in [0.3, 0.4) is 0 Å². The monoisotopic (exact) mass is 225 g/mol. The van der Waals surface area contributed by atoms with Crippen LogP contribution < -0.4 is 10.6 Å². The Morgan fingerprint density at radius 2 is 2.00 bits per heavy atom. The fraction of sp³-hybridized carbons (Fsp3) is 1.00. The van der Waals surface area contributed by atoms with Crippen LogP contribution in [0.15, 0.2) is 0 Å². The lowest BCUT2D eigenvalue weighted by atomic mass is 10.1. The van der Waals surface area contributed by atoms with Gasteiger partial charge in [0, 0.05) is 12.6 Å². The first-order valence-corrected chi connectivity index (χ1v) is 7.11. The molecule has 2 N–H and O–H groups in total. The summed E-state index contributed by atoms with van der Waals surface area (Å²) in [6.45, 7) is 7.55. The standard InChI is InChI=1S/C13H27N3/c1-2-9-16(10-3-1)11-5-7-14-12-13-6-4-8-15-13/h13-15H,1-12H2. The quantitative estimate of drug-likeness (QED) is 0.665. The van der Waals surface area contributed by atoms with E-state index in [1.807, 2.05) is 0 Å². The van der Waals surface area contributed by atoms with Crippen LogP contribution in [-0.4, -0.2) is 50.2 Å². The van der Waals surface area contributed by atoms with Gasteiger partial charge in [0.05, 0.1) is 0 Å².